The topological polar surface area (TPSA) is 189 Å². The molecule has 29 fully saturated rings. The second-order valence-corrected chi connectivity index (χ2v) is 63.9. The minimum Gasteiger partial charge on any atom is -0.462 e. The molecule has 0 spiro atoms. The van der Waals surface area contributed by atoms with E-state index in [1.54, 1.807) is 78.6 Å². The number of carbonyl (C=O) groups excluding carboxylic acids is 5. The summed E-state index contributed by atoms with van der Waals surface area (Å²) in [5.41, 5.74) is -1.37. The van der Waals surface area contributed by atoms with Gasteiger partial charge in [-0.15, -0.1) is 0 Å². The van der Waals surface area contributed by atoms with Crippen LogP contribution in [-0.2, 0) is 53.0 Å². The van der Waals surface area contributed by atoms with Crippen LogP contribution in [0.2, 0.25) is 0 Å². The van der Waals surface area contributed by atoms with Crippen molar-refractivity contribution in [1.29, 1.82) is 0 Å². The molecule has 30 aliphatic carbocycles. The molecular formula is C132H211NO12S. The molecule has 30 rings (SSSR count). The van der Waals surface area contributed by atoms with Crippen molar-refractivity contribution < 1.29 is 55.9 Å². The average molecular weight is 2040 g/mol. The van der Waals surface area contributed by atoms with Crippen LogP contribution in [0.25, 0.3) is 0 Å². The molecule has 146 heavy (non-hydrogen) atoms. The first-order valence-corrected chi connectivity index (χ1v) is 65.5. The molecule has 0 aromatic rings. The molecule has 29 saturated carbocycles. The van der Waals surface area contributed by atoms with E-state index in [4.69, 9.17) is 23.5 Å². The highest BCUT2D eigenvalue weighted by atomic mass is 32.2. The molecule has 55 atom stereocenters. The van der Waals surface area contributed by atoms with E-state index < -0.39 is 21.4 Å². The van der Waals surface area contributed by atoms with Gasteiger partial charge in [0, 0.05) is 18.3 Å². The Morgan fingerprint density at radius 1 is 0.363 bits per heavy atom. The molecule has 0 heterocycles. The van der Waals surface area contributed by atoms with Gasteiger partial charge in [0.1, 0.15) is 22.9 Å². The van der Waals surface area contributed by atoms with E-state index >= 15 is 0 Å². The van der Waals surface area contributed by atoms with Gasteiger partial charge in [0.25, 0.3) is 10.1 Å². The molecule has 26 bridgehead atoms. The van der Waals surface area contributed by atoms with Crippen molar-refractivity contribution in [3.05, 3.63) is 12.2 Å². The van der Waals surface area contributed by atoms with Gasteiger partial charge in [-0.1, -0.05) is 150 Å². The Morgan fingerprint density at radius 3 is 1.26 bits per heavy atom. The summed E-state index contributed by atoms with van der Waals surface area (Å²) < 4.78 is 55.4. The predicted octanol–water partition coefficient (Wildman–Crippen LogP) is 30.0. The van der Waals surface area contributed by atoms with Gasteiger partial charge in [0.2, 0.25) is 5.91 Å². The summed E-state index contributed by atoms with van der Waals surface area (Å²) in [4.78, 5) is 62.7. The maximum Gasteiger partial charge on any atom is 0.309 e. The zero-order chi connectivity index (χ0) is 103. The van der Waals surface area contributed by atoms with Crippen LogP contribution in [-0.4, -0.2) is 77.0 Å². The molecule has 0 saturated heterocycles. The van der Waals surface area contributed by atoms with Crippen molar-refractivity contribution in [2.24, 2.45) is 343 Å². The predicted molar refractivity (Wildman–Crippen MR) is 582 cm³/mol. The van der Waals surface area contributed by atoms with E-state index in [1.807, 2.05) is 13.8 Å². The van der Waals surface area contributed by atoms with Crippen LogP contribution < -0.4 is 5.32 Å². The first-order chi connectivity index (χ1) is 69.1. The van der Waals surface area contributed by atoms with Gasteiger partial charge in [-0.05, 0) is 573 Å². The van der Waals surface area contributed by atoms with Crippen molar-refractivity contribution in [1.82, 2.24) is 5.32 Å². The molecule has 13 nitrogen and oxygen atoms in total. The molecule has 822 valence electrons. The summed E-state index contributed by atoms with van der Waals surface area (Å²) in [6.07, 6.45) is 52.9. The summed E-state index contributed by atoms with van der Waals surface area (Å²) in [5.74, 6) is 48.5. The lowest BCUT2D eigenvalue weighted by atomic mass is 9.46. The monoisotopic (exact) mass is 2030 g/mol. The molecule has 14 heteroatoms. The van der Waals surface area contributed by atoms with Crippen molar-refractivity contribution in [3.63, 3.8) is 0 Å². The molecule has 0 radical (unpaired) electrons. The fourth-order valence-corrected chi connectivity index (χ4v) is 49.2. The maximum atomic E-state index is 13.2. The Morgan fingerprint density at radius 2 is 0.774 bits per heavy atom. The summed E-state index contributed by atoms with van der Waals surface area (Å²) in [6.45, 7) is 56.8. The van der Waals surface area contributed by atoms with E-state index in [0.717, 1.165) is 306 Å². The normalized spacial score (nSPS) is 53.8. The van der Waals surface area contributed by atoms with Crippen LogP contribution in [0.15, 0.2) is 12.2 Å². The number of allylic oxidation sites excluding steroid dienone is 2. The van der Waals surface area contributed by atoms with Crippen molar-refractivity contribution >= 4 is 39.9 Å². The highest BCUT2D eigenvalue weighted by Crippen LogP contribution is 2.77. The van der Waals surface area contributed by atoms with Gasteiger partial charge in [0.15, 0.2) is 0 Å². The number of amides is 1. The quantitative estimate of drug-likeness (QED) is 0.0551. The fraction of sp³-hybridized carbons (Fsp3) is 0.947. The Kier molecular flexibility index (Phi) is 29.3. The lowest BCUT2D eigenvalue weighted by molar-refractivity contribution is -0.204. The highest BCUT2D eigenvalue weighted by molar-refractivity contribution is 7.85. The molecule has 0 aromatic heterocycles. The number of hydrogen-bond donors (Lipinski definition) is 2. The van der Waals surface area contributed by atoms with E-state index in [2.05, 4.69) is 156 Å². The molecule has 55 unspecified atom stereocenters. The smallest absolute Gasteiger partial charge is 0.309 e. The molecular weight excluding hydrogens is 1820 g/mol. The van der Waals surface area contributed by atoms with Gasteiger partial charge in [0.05, 0.1) is 29.0 Å². The number of carbonyl (C=O) groups is 5. The number of ether oxygens (including phenoxy) is 4. The van der Waals surface area contributed by atoms with E-state index in [0.29, 0.717) is 53.3 Å². The number of nitrogens with one attached hydrogen (secondary N) is 1. The Bertz CT molecular complexity index is 4790. The third kappa shape index (κ3) is 18.4. The van der Waals surface area contributed by atoms with Crippen molar-refractivity contribution in [3.8, 4) is 0 Å². The van der Waals surface area contributed by atoms with Crippen LogP contribution in [0.1, 0.15) is 404 Å². The van der Waals surface area contributed by atoms with Crippen LogP contribution in [0.5, 0.6) is 0 Å². The molecule has 1 amide bonds. The average Bonchev–Trinajstić information content (AvgIpc) is 1.55. The van der Waals surface area contributed by atoms with Gasteiger partial charge >= 0.3 is 23.9 Å². The second-order valence-electron chi connectivity index (χ2n) is 62.5. The van der Waals surface area contributed by atoms with Crippen LogP contribution in [0, 0.1) is 343 Å². The molecule has 2 N–H and O–H groups in total. The van der Waals surface area contributed by atoms with Gasteiger partial charge in [-0.25, -0.2) is 0 Å². The second kappa shape index (κ2) is 39.9. The molecule has 0 aromatic carbocycles. The third-order valence-electron chi connectivity index (χ3n) is 56.2. The summed E-state index contributed by atoms with van der Waals surface area (Å²) >= 11 is 0. The molecule has 30 aliphatic rings. The van der Waals surface area contributed by atoms with E-state index in [1.165, 1.54) is 127 Å². The maximum absolute atomic E-state index is 13.2. The first kappa shape index (κ1) is 107. The zero-order valence-corrected chi connectivity index (χ0v) is 97.5. The Labute approximate surface area is 888 Å². The van der Waals surface area contributed by atoms with Crippen LogP contribution in [0.3, 0.4) is 0 Å². The number of rotatable bonds is 14. The number of esters is 4. The fourth-order valence-electron chi connectivity index (χ4n) is 48.2. The minimum atomic E-state index is -4.11. The minimum absolute atomic E-state index is 0.0110. The number of hydrogen-bond acceptors (Lipinski definition) is 11. The highest BCUT2D eigenvalue weighted by Gasteiger charge is 2.72. The summed E-state index contributed by atoms with van der Waals surface area (Å²) in [5, 5.41) is 2.91. The van der Waals surface area contributed by atoms with Crippen molar-refractivity contribution in [2.45, 2.75) is 433 Å². The summed E-state index contributed by atoms with van der Waals surface area (Å²) in [6, 6.07) is 0. The van der Waals surface area contributed by atoms with Gasteiger partial charge in [-0.3, -0.25) is 28.5 Å². The third-order valence-corrected chi connectivity index (χ3v) is 57.3. The van der Waals surface area contributed by atoms with Crippen molar-refractivity contribution in [2.75, 3.05) is 5.75 Å². The first-order valence-electron chi connectivity index (χ1n) is 63.9. The Balaban J connectivity index is 0.0000000962. The standard InChI is InChI=1S/C23H36O2.C20H32O2.C19H31NO4S.C18H30O2.C16H24O2.2C12H20.C12H18/c1-13-14(2)19-8-18(13)9-20(19)21(24)25-22(3,4)23-10-15-5-16(11-23)7-17(6-15)12-23;1-6-20(4,5)22-19(21)16-8-12-7-15(16)18-14-9-13(17(12)18)10(2)11(14)3;1-9-10(2)13-7-12(9)16-11-5-14(17(13)16)15(6-11)18(21)20-19(3,4)8-25(22,23)24;1-4-18(8-6-5-7-9-18)20-17(19)16-11-14-10-15(16)13(3)12(14)2;1-7-8(2)12-6-11(7)15-10-4-13(16(12)15)14(5-10)18-9(3)17;1-7-5-11-9-3-4-10(6-9)12(11)8(7)2;2*1-7-8(2)12-6-11(7)9-4-3-5-10(9)12/h13-20H,5-12H2,1-4H3;10-18H,6-9H2,1-5H3;9-17H,5-8H2,1-4H3,(H,20,21)(H,22,23,24);12-16H,4-11H2,1-3H3;7-8,10-16H,4-6H2,1-3H3;2*7-12H,3-6H2,1-2H3;3-4,7-12H,5-6H2,1-2H3. The zero-order valence-electron chi connectivity index (χ0n) is 96.7. The van der Waals surface area contributed by atoms with Gasteiger partial charge in [-0.2, -0.15) is 8.42 Å². The van der Waals surface area contributed by atoms with E-state index in [-0.39, 0.29) is 81.8 Å². The largest absolute Gasteiger partial charge is 0.462 e. The van der Waals surface area contributed by atoms with Crippen LogP contribution >= 0.6 is 0 Å². The lowest BCUT2D eigenvalue weighted by Gasteiger charge is -2.61. The SMILES string of the molecule is CC(=O)OC1CC2CC1C1C3CC(C(C)C3C)C21.CC1C(C)C2CC1C1C3CC(C(=O)NC(C)(C)CS(=O)(=O)O)C(C3)C21.CC1C(C)C2CC1C1C=CCC12.CC1C(C)C2CC1C1CCCC21.CC1C2CC(C(=O)OC(C)(C)C34CC5CC(CC(C5)C3)C4)C(C2)C1C.CC1CC2C3CCC(C3)C2C1C.CCC(C)(C)OC(=O)C1CC2CC1C1C3CC(C(C)C3C)C21.CCC1(OC(=O)C2CC3CC2C(C)C3C)CCCCC1. The van der Waals surface area contributed by atoms with Crippen LogP contribution in [0.4, 0.5) is 0 Å². The van der Waals surface area contributed by atoms with Gasteiger partial charge < -0.3 is 24.3 Å². The summed E-state index contributed by atoms with van der Waals surface area (Å²) in [7, 11) is -4.11. The Hall–Kier alpha value is -3.00. The molecule has 0 aliphatic heterocycles. The number of fused-ring (bicyclic) bond motifs is 46. The van der Waals surface area contributed by atoms with E-state index in [9.17, 15) is 32.4 Å². The lowest BCUT2D eigenvalue weighted by Crippen LogP contribution is -2.57.